The minimum atomic E-state index is -4.61. The summed E-state index contributed by atoms with van der Waals surface area (Å²) in [6.07, 6.45) is -2.30. The summed E-state index contributed by atoms with van der Waals surface area (Å²) in [5, 5.41) is 0.279. The van der Waals surface area contributed by atoms with Gasteiger partial charge in [-0.3, -0.25) is 44.7 Å². The maximum absolute atomic E-state index is 12.8. The molecule has 0 bridgehead atoms. The number of rotatable bonds is 6. The van der Waals surface area contributed by atoms with E-state index >= 15 is 0 Å². The number of hydrogen-bond acceptors (Lipinski definition) is 7. The van der Waals surface area contributed by atoms with Crippen molar-refractivity contribution in [2.24, 2.45) is 0 Å². The number of carbonyl (C=O) groups excluding carboxylic acids is 5. The molecular weight excluding hydrogens is 479 g/mol. The van der Waals surface area contributed by atoms with Gasteiger partial charge in [0.2, 0.25) is 17.7 Å². The Morgan fingerprint density at radius 2 is 1.74 bits per heavy atom. The molecule has 5 amide bonds. The Kier molecular flexibility index (Phi) is 7.50. The quantitative estimate of drug-likeness (QED) is 0.521. The standard InChI is InChI=1S/C20H16F3N5O5S/c21-20(22,23)12-2-1-3-13(8-12)25-16(30)10-28-18(32)14(34-19(28)33)9-15(29)26-27-17(31)11-4-6-24-7-5-11/h1-8,14H,9-10H2,(H,25,30)(H,26,29)(H,27,31). The van der Waals surface area contributed by atoms with Crippen LogP contribution in [0.3, 0.4) is 0 Å². The SMILES string of the molecule is O=C(CC1SC(=O)N(CC(=O)Nc2cccc(C(F)(F)F)c2)C1=O)NNC(=O)c1ccncc1. The van der Waals surface area contributed by atoms with Gasteiger partial charge < -0.3 is 5.32 Å². The summed E-state index contributed by atoms with van der Waals surface area (Å²) in [5.41, 5.74) is 3.37. The van der Waals surface area contributed by atoms with E-state index in [9.17, 15) is 37.1 Å². The van der Waals surface area contributed by atoms with Crippen molar-refractivity contribution < 1.29 is 37.1 Å². The highest BCUT2D eigenvalue weighted by Crippen LogP contribution is 2.31. The molecule has 2 aromatic rings. The summed E-state index contributed by atoms with van der Waals surface area (Å²) >= 11 is 0.522. The van der Waals surface area contributed by atoms with E-state index in [1.165, 1.54) is 30.6 Å². The Hall–Kier alpha value is -3.94. The first-order valence-corrected chi connectivity index (χ1v) is 10.4. The molecule has 1 unspecified atom stereocenters. The van der Waals surface area contributed by atoms with Gasteiger partial charge in [0, 0.05) is 30.1 Å². The molecule has 10 nitrogen and oxygen atoms in total. The summed E-state index contributed by atoms with van der Waals surface area (Å²) in [7, 11) is 0. The number of pyridine rings is 1. The third-order valence-electron chi connectivity index (χ3n) is 4.41. The lowest BCUT2D eigenvalue weighted by Gasteiger charge is -2.14. The maximum atomic E-state index is 12.8. The zero-order valence-electron chi connectivity index (χ0n) is 17.1. The fraction of sp³-hybridized carbons (Fsp3) is 0.200. The monoisotopic (exact) mass is 495 g/mol. The van der Waals surface area contributed by atoms with Gasteiger partial charge in [-0.15, -0.1) is 0 Å². The fourth-order valence-corrected chi connectivity index (χ4v) is 3.80. The van der Waals surface area contributed by atoms with Crippen LogP contribution in [0.25, 0.3) is 0 Å². The van der Waals surface area contributed by atoms with Gasteiger partial charge >= 0.3 is 6.18 Å². The molecule has 1 aliphatic heterocycles. The Bertz CT molecular complexity index is 1130. The molecule has 1 aromatic heterocycles. The second-order valence-electron chi connectivity index (χ2n) is 6.87. The number of amides is 5. The smallest absolute Gasteiger partial charge is 0.325 e. The molecule has 0 radical (unpaired) electrons. The topological polar surface area (TPSA) is 138 Å². The van der Waals surface area contributed by atoms with Crippen molar-refractivity contribution in [1.82, 2.24) is 20.7 Å². The van der Waals surface area contributed by atoms with Crippen molar-refractivity contribution in [2.75, 3.05) is 11.9 Å². The van der Waals surface area contributed by atoms with Crippen LogP contribution < -0.4 is 16.2 Å². The van der Waals surface area contributed by atoms with E-state index in [0.717, 1.165) is 12.1 Å². The molecule has 1 fully saturated rings. The van der Waals surface area contributed by atoms with Crippen molar-refractivity contribution >= 4 is 46.3 Å². The highest BCUT2D eigenvalue weighted by Gasteiger charge is 2.41. The minimum Gasteiger partial charge on any atom is -0.325 e. The lowest BCUT2D eigenvalue weighted by molar-refractivity contribution is -0.137. The summed E-state index contributed by atoms with van der Waals surface area (Å²) < 4.78 is 38.4. The molecule has 0 aliphatic carbocycles. The van der Waals surface area contributed by atoms with Crippen molar-refractivity contribution in [2.45, 2.75) is 17.8 Å². The van der Waals surface area contributed by atoms with Gasteiger partial charge in [-0.2, -0.15) is 13.2 Å². The highest BCUT2D eigenvalue weighted by molar-refractivity contribution is 8.15. The van der Waals surface area contributed by atoms with Crippen LogP contribution in [0.5, 0.6) is 0 Å². The summed E-state index contributed by atoms with van der Waals surface area (Å²) in [6, 6.07) is 6.70. The second kappa shape index (κ2) is 10.3. The van der Waals surface area contributed by atoms with Crippen LogP contribution in [0.15, 0.2) is 48.8 Å². The zero-order valence-corrected chi connectivity index (χ0v) is 17.9. The average Bonchev–Trinajstić information content (AvgIpc) is 3.04. The maximum Gasteiger partial charge on any atom is 0.416 e. The number of hydrazine groups is 1. The van der Waals surface area contributed by atoms with E-state index in [2.05, 4.69) is 21.2 Å². The number of nitrogens with zero attached hydrogens (tertiary/aromatic N) is 2. The number of thioether (sulfide) groups is 1. The van der Waals surface area contributed by atoms with E-state index < -0.39 is 58.8 Å². The van der Waals surface area contributed by atoms with Crippen molar-refractivity contribution in [3.05, 3.63) is 59.9 Å². The molecule has 0 spiro atoms. The van der Waals surface area contributed by atoms with Gasteiger partial charge in [0.1, 0.15) is 11.8 Å². The molecule has 1 aromatic carbocycles. The first-order valence-electron chi connectivity index (χ1n) is 9.53. The van der Waals surface area contributed by atoms with Crippen LogP contribution in [0.1, 0.15) is 22.3 Å². The van der Waals surface area contributed by atoms with Crippen LogP contribution in [0, 0.1) is 0 Å². The lowest BCUT2D eigenvalue weighted by Crippen LogP contribution is -2.44. The molecule has 2 heterocycles. The van der Waals surface area contributed by atoms with Crippen molar-refractivity contribution in [1.29, 1.82) is 0 Å². The first kappa shape index (κ1) is 24.7. The van der Waals surface area contributed by atoms with Crippen molar-refractivity contribution in [3.8, 4) is 0 Å². The Balaban J connectivity index is 1.51. The number of anilines is 1. The molecule has 34 heavy (non-hydrogen) atoms. The predicted octanol–water partition coefficient (Wildman–Crippen LogP) is 1.95. The molecule has 3 rings (SSSR count). The van der Waals surface area contributed by atoms with E-state index in [4.69, 9.17) is 0 Å². The molecule has 178 valence electrons. The Morgan fingerprint density at radius 3 is 2.41 bits per heavy atom. The van der Waals surface area contributed by atoms with E-state index in [1.807, 2.05) is 0 Å². The number of halogens is 3. The number of aromatic nitrogens is 1. The largest absolute Gasteiger partial charge is 0.416 e. The minimum absolute atomic E-state index is 0.160. The van der Waals surface area contributed by atoms with Gasteiger partial charge in [0.05, 0.1) is 5.56 Å². The van der Waals surface area contributed by atoms with E-state index in [-0.39, 0.29) is 11.3 Å². The van der Waals surface area contributed by atoms with Gasteiger partial charge in [-0.05, 0) is 30.3 Å². The molecule has 14 heteroatoms. The van der Waals surface area contributed by atoms with Gasteiger partial charge in [-0.1, -0.05) is 17.8 Å². The number of hydrogen-bond donors (Lipinski definition) is 3. The summed E-state index contributed by atoms with van der Waals surface area (Å²) in [5.74, 6) is -3.08. The molecule has 1 saturated heterocycles. The fourth-order valence-electron chi connectivity index (χ4n) is 2.81. The highest BCUT2D eigenvalue weighted by atomic mass is 32.2. The van der Waals surface area contributed by atoms with Crippen LogP contribution in [0.2, 0.25) is 0 Å². The van der Waals surface area contributed by atoms with E-state index in [0.29, 0.717) is 22.7 Å². The molecule has 1 atom stereocenters. The normalized spacial score (nSPS) is 15.7. The van der Waals surface area contributed by atoms with Crippen LogP contribution >= 0.6 is 11.8 Å². The molecule has 0 saturated carbocycles. The number of carbonyl (C=O) groups is 5. The van der Waals surface area contributed by atoms with Gasteiger partial charge in [0.15, 0.2) is 0 Å². The third kappa shape index (κ3) is 6.31. The van der Waals surface area contributed by atoms with Crippen LogP contribution in [-0.4, -0.2) is 50.5 Å². The van der Waals surface area contributed by atoms with Crippen LogP contribution in [0.4, 0.5) is 23.7 Å². The number of imide groups is 1. The summed E-state index contributed by atoms with van der Waals surface area (Å²) in [6.45, 7) is -0.738. The number of nitrogens with one attached hydrogen (secondary N) is 3. The number of alkyl halides is 3. The average molecular weight is 495 g/mol. The van der Waals surface area contributed by atoms with Crippen LogP contribution in [-0.2, 0) is 20.6 Å². The molecule has 3 N–H and O–H groups in total. The second-order valence-corrected chi connectivity index (χ2v) is 8.02. The van der Waals surface area contributed by atoms with Gasteiger partial charge in [-0.25, -0.2) is 0 Å². The number of benzene rings is 1. The van der Waals surface area contributed by atoms with Crippen molar-refractivity contribution in [3.63, 3.8) is 0 Å². The zero-order chi connectivity index (χ0) is 24.9. The molecule has 1 aliphatic rings. The van der Waals surface area contributed by atoms with Gasteiger partial charge in [0.25, 0.3) is 11.1 Å². The Labute approximate surface area is 194 Å². The van der Waals surface area contributed by atoms with E-state index in [1.54, 1.807) is 0 Å². The molecular formula is C20H16F3N5O5S. The Morgan fingerprint density at radius 1 is 1.03 bits per heavy atom. The third-order valence-corrected chi connectivity index (χ3v) is 5.48. The predicted molar refractivity (Wildman–Crippen MR) is 113 cm³/mol. The first-order chi connectivity index (χ1) is 16.0. The lowest BCUT2D eigenvalue weighted by atomic mass is 10.2. The summed E-state index contributed by atoms with van der Waals surface area (Å²) in [4.78, 5) is 65.1.